The zero-order valence-electron chi connectivity index (χ0n) is 8.08. The van der Waals surface area contributed by atoms with Gasteiger partial charge in [0, 0.05) is 6.54 Å². The van der Waals surface area contributed by atoms with Crippen molar-refractivity contribution in [3.8, 4) is 0 Å². The molecule has 0 fully saturated rings. The highest BCUT2D eigenvalue weighted by molar-refractivity contribution is 5.71. The van der Waals surface area contributed by atoms with Gasteiger partial charge in [0.25, 0.3) is 6.43 Å². The average Bonchev–Trinajstić information content (AvgIpc) is 2.16. The van der Waals surface area contributed by atoms with Crippen molar-refractivity contribution < 1.29 is 23.1 Å². The molecule has 0 unspecified atom stereocenters. The first kappa shape index (κ1) is 12.4. The quantitative estimate of drug-likeness (QED) is 0.821. The van der Waals surface area contributed by atoms with Crippen molar-refractivity contribution in [1.82, 2.24) is 4.98 Å². The molecule has 7 heteroatoms. The molecule has 1 aromatic heterocycles. The molecule has 0 aromatic carbocycles. The van der Waals surface area contributed by atoms with E-state index in [1.165, 1.54) is 0 Å². The summed E-state index contributed by atoms with van der Waals surface area (Å²) in [5, 5.41) is 8.55. The topological polar surface area (TPSA) is 76.2 Å². The summed E-state index contributed by atoms with van der Waals surface area (Å²) in [6, 6.07) is 0. The van der Waals surface area contributed by atoms with Crippen LogP contribution in [0.2, 0.25) is 0 Å². The molecule has 88 valence electrons. The predicted molar refractivity (Wildman–Crippen MR) is 48.4 cm³/mol. The van der Waals surface area contributed by atoms with Crippen LogP contribution < -0.4 is 5.73 Å². The zero-order chi connectivity index (χ0) is 12.3. The number of aliphatic carboxylic acids is 1. The van der Waals surface area contributed by atoms with Crippen LogP contribution in [0.5, 0.6) is 0 Å². The van der Waals surface area contributed by atoms with Gasteiger partial charge in [-0.25, -0.2) is 13.2 Å². The number of nitrogens with two attached hydrogens (primary N) is 1. The molecule has 1 rings (SSSR count). The fourth-order valence-electron chi connectivity index (χ4n) is 1.34. The lowest BCUT2D eigenvalue weighted by molar-refractivity contribution is -0.136. The van der Waals surface area contributed by atoms with E-state index in [0.29, 0.717) is 6.20 Å². The summed E-state index contributed by atoms with van der Waals surface area (Å²) in [4.78, 5) is 14.0. The van der Waals surface area contributed by atoms with Crippen LogP contribution in [0.3, 0.4) is 0 Å². The molecule has 0 bridgehead atoms. The van der Waals surface area contributed by atoms with Gasteiger partial charge in [-0.3, -0.25) is 9.78 Å². The van der Waals surface area contributed by atoms with Gasteiger partial charge in [-0.15, -0.1) is 0 Å². The Labute approximate surface area is 88.9 Å². The number of halogens is 3. The van der Waals surface area contributed by atoms with Crippen molar-refractivity contribution in [1.29, 1.82) is 0 Å². The van der Waals surface area contributed by atoms with Gasteiger partial charge in [0.1, 0.15) is 0 Å². The molecule has 16 heavy (non-hydrogen) atoms. The Hall–Kier alpha value is -1.63. The first-order valence-electron chi connectivity index (χ1n) is 4.33. The second-order valence-corrected chi connectivity index (χ2v) is 3.02. The molecular weight excluding hydrogens is 225 g/mol. The molecular formula is C9H9F3N2O2. The third kappa shape index (κ3) is 2.48. The minimum absolute atomic E-state index is 0.0286. The Morgan fingerprint density at radius 1 is 1.56 bits per heavy atom. The normalized spacial score (nSPS) is 10.8. The Bertz CT molecular complexity index is 410. The number of rotatable bonds is 4. The van der Waals surface area contributed by atoms with E-state index in [0.717, 1.165) is 0 Å². The van der Waals surface area contributed by atoms with Gasteiger partial charge in [0.05, 0.1) is 23.9 Å². The maximum atomic E-state index is 13.1. The predicted octanol–water partition coefficient (Wildman–Crippen LogP) is 1.24. The van der Waals surface area contributed by atoms with Crippen molar-refractivity contribution in [2.45, 2.75) is 19.4 Å². The van der Waals surface area contributed by atoms with Gasteiger partial charge in [-0.1, -0.05) is 0 Å². The van der Waals surface area contributed by atoms with E-state index in [1.807, 2.05) is 0 Å². The molecule has 0 radical (unpaired) electrons. The third-order valence-corrected chi connectivity index (χ3v) is 2.00. The molecule has 0 aliphatic heterocycles. The van der Waals surface area contributed by atoms with Gasteiger partial charge >= 0.3 is 5.97 Å². The standard InChI is InChI=1S/C9H9F3N2O2/c10-5-3-14-6(2-13)4(1-7(15)16)8(5)9(11)12/h3,9H,1-2,13H2,(H,15,16). The first-order chi connectivity index (χ1) is 7.47. The van der Waals surface area contributed by atoms with Crippen LogP contribution in [0.15, 0.2) is 6.20 Å². The number of pyridine rings is 1. The fraction of sp³-hybridized carbons (Fsp3) is 0.333. The van der Waals surface area contributed by atoms with Crippen molar-refractivity contribution in [2.24, 2.45) is 5.73 Å². The number of carbonyl (C=O) groups is 1. The Kier molecular flexibility index (Phi) is 3.83. The maximum Gasteiger partial charge on any atom is 0.307 e. The molecule has 0 saturated heterocycles. The number of hydrogen-bond donors (Lipinski definition) is 2. The largest absolute Gasteiger partial charge is 0.481 e. The summed E-state index contributed by atoms with van der Waals surface area (Å²) in [6.07, 6.45) is -3.20. The molecule has 1 aromatic rings. The zero-order valence-corrected chi connectivity index (χ0v) is 8.08. The van der Waals surface area contributed by atoms with Gasteiger partial charge in [0.15, 0.2) is 5.82 Å². The molecule has 0 amide bonds. The van der Waals surface area contributed by atoms with E-state index < -0.39 is 30.2 Å². The molecule has 0 aliphatic carbocycles. The molecule has 0 saturated carbocycles. The molecule has 1 heterocycles. The van der Waals surface area contributed by atoms with E-state index in [4.69, 9.17) is 10.8 Å². The van der Waals surface area contributed by atoms with Crippen LogP contribution in [-0.4, -0.2) is 16.1 Å². The van der Waals surface area contributed by atoms with Gasteiger partial charge in [0.2, 0.25) is 0 Å². The third-order valence-electron chi connectivity index (χ3n) is 2.00. The highest BCUT2D eigenvalue weighted by atomic mass is 19.3. The monoisotopic (exact) mass is 234 g/mol. The lowest BCUT2D eigenvalue weighted by Gasteiger charge is -2.11. The lowest BCUT2D eigenvalue weighted by atomic mass is 10.0. The van der Waals surface area contributed by atoms with Crippen molar-refractivity contribution >= 4 is 5.97 Å². The Balaban J connectivity index is 3.36. The fourth-order valence-corrected chi connectivity index (χ4v) is 1.34. The summed E-state index contributed by atoms with van der Waals surface area (Å²) >= 11 is 0. The highest BCUT2D eigenvalue weighted by Crippen LogP contribution is 2.27. The summed E-state index contributed by atoms with van der Waals surface area (Å²) in [5.41, 5.74) is 3.92. The van der Waals surface area contributed by atoms with E-state index in [1.54, 1.807) is 0 Å². The second-order valence-electron chi connectivity index (χ2n) is 3.02. The van der Waals surface area contributed by atoms with Gasteiger partial charge < -0.3 is 10.8 Å². The van der Waals surface area contributed by atoms with Crippen LogP contribution in [0.25, 0.3) is 0 Å². The molecule has 0 spiro atoms. The Morgan fingerprint density at radius 2 is 2.19 bits per heavy atom. The van der Waals surface area contributed by atoms with Crippen LogP contribution in [0.1, 0.15) is 23.2 Å². The van der Waals surface area contributed by atoms with E-state index >= 15 is 0 Å². The average molecular weight is 234 g/mol. The summed E-state index contributed by atoms with van der Waals surface area (Å²) in [6.45, 7) is -0.220. The smallest absolute Gasteiger partial charge is 0.307 e. The van der Waals surface area contributed by atoms with Crippen molar-refractivity contribution in [2.75, 3.05) is 0 Å². The second kappa shape index (κ2) is 4.93. The summed E-state index contributed by atoms with van der Waals surface area (Å²) < 4.78 is 38.2. The van der Waals surface area contributed by atoms with Gasteiger partial charge in [-0.2, -0.15) is 0 Å². The summed E-state index contributed by atoms with van der Waals surface area (Å²) in [7, 11) is 0. The lowest BCUT2D eigenvalue weighted by Crippen LogP contribution is -2.14. The molecule has 0 atom stereocenters. The number of alkyl halides is 2. The van der Waals surface area contributed by atoms with Crippen LogP contribution in [0.4, 0.5) is 13.2 Å². The van der Waals surface area contributed by atoms with Gasteiger partial charge in [-0.05, 0) is 5.56 Å². The number of hydrogen-bond acceptors (Lipinski definition) is 3. The number of nitrogens with zero attached hydrogens (tertiary/aromatic N) is 1. The summed E-state index contributed by atoms with van der Waals surface area (Å²) in [5.74, 6) is -2.56. The number of aromatic nitrogens is 1. The molecule has 0 aliphatic rings. The van der Waals surface area contributed by atoms with Crippen LogP contribution in [0, 0.1) is 5.82 Å². The minimum Gasteiger partial charge on any atom is -0.481 e. The number of carboxylic acids is 1. The van der Waals surface area contributed by atoms with Crippen LogP contribution in [-0.2, 0) is 17.8 Å². The van der Waals surface area contributed by atoms with E-state index in [-0.39, 0.29) is 17.8 Å². The molecule has 3 N–H and O–H groups in total. The first-order valence-corrected chi connectivity index (χ1v) is 4.33. The van der Waals surface area contributed by atoms with Crippen LogP contribution >= 0.6 is 0 Å². The maximum absolute atomic E-state index is 13.1. The highest BCUT2D eigenvalue weighted by Gasteiger charge is 2.23. The van der Waals surface area contributed by atoms with Crippen molar-refractivity contribution in [3.05, 3.63) is 28.8 Å². The Morgan fingerprint density at radius 3 is 2.62 bits per heavy atom. The minimum atomic E-state index is -3.09. The SMILES string of the molecule is NCc1ncc(F)c(C(F)F)c1CC(=O)O. The van der Waals surface area contributed by atoms with E-state index in [2.05, 4.69) is 4.98 Å². The molecule has 4 nitrogen and oxygen atoms in total. The van der Waals surface area contributed by atoms with Crippen molar-refractivity contribution in [3.63, 3.8) is 0 Å². The number of carboxylic acid groups (broad SMARTS) is 1. The van der Waals surface area contributed by atoms with E-state index in [9.17, 15) is 18.0 Å².